The summed E-state index contributed by atoms with van der Waals surface area (Å²) >= 11 is 6.26. The lowest BCUT2D eigenvalue weighted by Crippen LogP contribution is -2.40. The normalized spacial score (nSPS) is 14.8. The number of piperidine rings is 1. The quantitative estimate of drug-likeness (QED) is 0.700. The molecule has 0 radical (unpaired) electrons. The van der Waals surface area contributed by atoms with Gasteiger partial charge in [0, 0.05) is 25.2 Å². The van der Waals surface area contributed by atoms with E-state index in [1.165, 1.54) is 0 Å². The Morgan fingerprint density at radius 3 is 2.52 bits per heavy atom. The van der Waals surface area contributed by atoms with E-state index in [1.54, 1.807) is 18.2 Å². The van der Waals surface area contributed by atoms with Gasteiger partial charge in [0.05, 0.1) is 10.6 Å². The second-order valence-electron chi connectivity index (χ2n) is 7.38. The Morgan fingerprint density at radius 2 is 1.93 bits per heavy atom. The first kappa shape index (κ1) is 23.7. The van der Waals surface area contributed by atoms with Gasteiger partial charge in [-0.3, -0.25) is 9.59 Å². The summed E-state index contributed by atoms with van der Waals surface area (Å²) in [5.41, 5.74) is 1.07. The highest BCUT2D eigenvalue weighted by molar-refractivity contribution is 6.34. The molecule has 1 aromatic rings. The van der Waals surface area contributed by atoms with Crippen LogP contribution < -0.4 is 10.6 Å². The fraction of sp³-hybridized carbons (Fsp3) is 0.600. The highest BCUT2D eigenvalue weighted by atomic mass is 35.5. The van der Waals surface area contributed by atoms with Crippen molar-refractivity contribution in [1.29, 1.82) is 0 Å². The number of anilines is 1. The SMILES string of the molecule is CCNCC1CCN(C(=O)c2cc(NC(=O)CC(C)C)ccc2Cl)CC1.Cl. The lowest BCUT2D eigenvalue weighted by Gasteiger charge is -2.32. The lowest BCUT2D eigenvalue weighted by molar-refractivity contribution is -0.116. The number of carbonyl (C=O) groups is 2. The van der Waals surface area contributed by atoms with Crippen LogP contribution in [-0.2, 0) is 4.79 Å². The van der Waals surface area contributed by atoms with E-state index in [-0.39, 0.29) is 30.1 Å². The van der Waals surface area contributed by atoms with Crippen LogP contribution in [0.1, 0.15) is 50.4 Å². The molecule has 1 aliphatic rings. The smallest absolute Gasteiger partial charge is 0.255 e. The van der Waals surface area contributed by atoms with Crippen molar-refractivity contribution in [1.82, 2.24) is 10.2 Å². The van der Waals surface area contributed by atoms with Crippen LogP contribution in [0.3, 0.4) is 0 Å². The van der Waals surface area contributed by atoms with E-state index in [2.05, 4.69) is 17.6 Å². The van der Waals surface area contributed by atoms with Crippen LogP contribution in [0.25, 0.3) is 0 Å². The second-order valence-corrected chi connectivity index (χ2v) is 7.79. The standard InChI is InChI=1S/C20H30ClN3O2.ClH/c1-4-22-13-15-7-9-24(10-8-15)20(26)17-12-16(5-6-18(17)21)23-19(25)11-14(2)3;/h5-6,12,14-15,22H,4,7-11,13H2,1-3H3,(H,23,25);1H. The number of likely N-dealkylation sites (tertiary alicyclic amines) is 1. The van der Waals surface area contributed by atoms with Gasteiger partial charge in [0.1, 0.15) is 0 Å². The highest BCUT2D eigenvalue weighted by Gasteiger charge is 2.25. The van der Waals surface area contributed by atoms with Crippen molar-refractivity contribution in [2.75, 3.05) is 31.5 Å². The Balaban J connectivity index is 0.00000364. The van der Waals surface area contributed by atoms with Gasteiger partial charge < -0.3 is 15.5 Å². The van der Waals surface area contributed by atoms with Crippen molar-refractivity contribution in [3.63, 3.8) is 0 Å². The molecule has 0 bridgehead atoms. The Hall–Kier alpha value is -1.30. The Labute approximate surface area is 173 Å². The maximum absolute atomic E-state index is 12.9. The third kappa shape index (κ3) is 7.32. The zero-order valence-corrected chi connectivity index (χ0v) is 18.0. The number of hydrogen-bond donors (Lipinski definition) is 2. The molecule has 1 aliphatic heterocycles. The van der Waals surface area contributed by atoms with E-state index in [0.29, 0.717) is 28.6 Å². The third-order valence-electron chi connectivity index (χ3n) is 4.66. The molecular weight excluding hydrogens is 385 g/mol. The number of nitrogens with one attached hydrogen (secondary N) is 2. The predicted molar refractivity (Wildman–Crippen MR) is 114 cm³/mol. The molecule has 2 rings (SSSR count). The minimum Gasteiger partial charge on any atom is -0.339 e. The van der Waals surface area contributed by atoms with Crippen molar-refractivity contribution >= 4 is 41.5 Å². The van der Waals surface area contributed by atoms with Gasteiger partial charge in [0.15, 0.2) is 0 Å². The van der Waals surface area contributed by atoms with Gasteiger partial charge >= 0.3 is 0 Å². The van der Waals surface area contributed by atoms with Crippen molar-refractivity contribution in [2.24, 2.45) is 11.8 Å². The maximum Gasteiger partial charge on any atom is 0.255 e. The molecular formula is C20H31Cl2N3O2. The first-order valence-electron chi connectivity index (χ1n) is 9.50. The zero-order chi connectivity index (χ0) is 19.1. The molecule has 0 aromatic heterocycles. The van der Waals surface area contributed by atoms with Crippen LogP contribution in [-0.4, -0.2) is 42.9 Å². The Kier molecular flexibility index (Phi) is 10.1. The average molecular weight is 416 g/mol. The first-order valence-corrected chi connectivity index (χ1v) is 9.87. The van der Waals surface area contributed by atoms with Crippen LogP contribution in [0.2, 0.25) is 5.02 Å². The second kappa shape index (κ2) is 11.5. The van der Waals surface area contributed by atoms with Crippen LogP contribution in [0, 0.1) is 11.8 Å². The summed E-state index contributed by atoms with van der Waals surface area (Å²) in [6.07, 6.45) is 2.45. The molecule has 0 saturated carbocycles. The molecule has 1 saturated heterocycles. The summed E-state index contributed by atoms with van der Waals surface area (Å²) in [5, 5.41) is 6.65. The lowest BCUT2D eigenvalue weighted by atomic mass is 9.96. The van der Waals surface area contributed by atoms with Gasteiger partial charge in [-0.1, -0.05) is 32.4 Å². The minimum atomic E-state index is -0.0585. The molecule has 0 spiro atoms. The topological polar surface area (TPSA) is 61.4 Å². The molecule has 152 valence electrons. The molecule has 0 unspecified atom stereocenters. The fourth-order valence-electron chi connectivity index (χ4n) is 3.21. The Bertz CT molecular complexity index is 630. The third-order valence-corrected chi connectivity index (χ3v) is 4.99. The van der Waals surface area contributed by atoms with E-state index in [0.717, 1.165) is 39.0 Å². The zero-order valence-electron chi connectivity index (χ0n) is 16.4. The number of hydrogen-bond acceptors (Lipinski definition) is 3. The molecule has 2 amide bonds. The van der Waals surface area contributed by atoms with Gasteiger partial charge in [-0.15, -0.1) is 12.4 Å². The van der Waals surface area contributed by atoms with Gasteiger partial charge in [-0.05, 0) is 56.0 Å². The summed E-state index contributed by atoms with van der Waals surface area (Å²) in [6.45, 7) is 9.57. The molecule has 27 heavy (non-hydrogen) atoms. The number of benzene rings is 1. The maximum atomic E-state index is 12.9. The fourth-order valence-corrected chi connectivity index (χ4v) is 3.41. The average Bonchev–Trinajstić information content (AvgIpc) is 2.60. The summed E-state index contributed by atoms with van der Waals surface area (Å²) in [5.74, 6) is 0.796. The molecule has 1 heterocycles. The summed E-state index contributed by atoms with van der Waals surface area (Å²) < 4.78 is 0. The molecule has 5 nitrogen and oxygen atoms in total. The van der Waals surface area contributed by atoms with E-state index >= 15 is 0 Å². The monoisotopic (exact) mass is 415 g/mol. The van der Waals surface area contributed by atoms with Crippen LogP contribution in [0.4, 0.5) is 5.69 Å². The molecule has 7 heteroatoms. The van der Waals surface area contributed by atoms with E-state index in [9.17, 15) is 9.59 Å². The Morgan fingerprint density at radius 1 is 1.26 bits per heavy atom. The van der Waals surface area contributed by atoms with Gasteiger partial charge in [-0.2, -0.15) is 0 Å². The van der Waals surface area contributed by atoms with Crippen molar-refractivity contribution < 1.29 is 9.59 Å². The number of nitrogens with zero attached hydrogens (tertiary/aromatic N) is 1. The van der Waals surface area contributed by atoms with Gasteiger partial charge in [0.25, 0.3) is 5.91 Å². The number of amides is 2. The molecule has 0 atom stereocenters. The molecule has 1 aromatic carbocycles. The van der Waals surface area contributed by atoms with Crippen LogP contribution >= 0.6 is 24.0 Å². The van der Waals surface area contributed by atoms with E-state index in [4.69, 9.17) is 11.6 Å². The van der Waals surface area contributed by atoms with Crippen LogP contribution in [0.5, 0.6) is 0 Å². The van der Waals surface area contributed by atoms with Crippen molar-refractivity contribution in [3.05, 3.63) is 28.8 Å². The number of halogens is 2. The van der Waals surface area contributed by atoms with E-state index in [1.807, 2.05) is 18.7 Å². The van der Waals surface area contributed by atoms with Crippen molar-refractivity contribution in [3.8, 4) is 0 Å². The largest absolute Gasteiger partial charge is 0.339 e. The van der Waals surface area contributed by atoms with Crippen LogP contribution in [0.15, 0.2) is 18.2 Å². The van der Waals surface area contributed by atoms with Gasteiger partial charge in [-0.25, -0.2) is 0 Å². The first-order chi connectivity index (χ1) is 12.4. The van der Waals surface area contributed by atoms with E-state index < -0.39 is 0 Å². The molecule has 0 aliphatic carbocycles. The van der Waals surface area contributed by atoms with Gasteiger partial charge in [0.2, 0.25) is 5.91 Å². The summed E-state index contributed by atoms with van der Waals surface area (Å²) in [7, 11) is 0. The minimum absolute atomic E-state index is 0. The molecule has 1 fully saturated rings. The number of rotatable bonds is 7. The predicted octanol–water partition coefficient (Wildman–Crippen LogP) is 4.21. The van der Waals surface area contributed by atoms with Crippen molar-refractivity contribution in [2.45, 2.75) is 40.0 Å². The highest BCUT2D eigenvalue weighted by Crippen LogP contribution is 2.25. The summed E-state index contributed by atoms with van der Waals surface area (Å²) in [6, 6.07) is 5.10. The molecule has 2 N–H and O–H groups in total. The number of carbonyl (C=O) groups excluding carboxylic acids is 2. The summed E-state index contributed by atoms with van der Waals surface area (Å²) in [4.78, 5) is 26.7.